The lowest BCUT2D eigenvalue weighted by Crippen LogP contribution is -2.65. The molecule has 0 aromatic carbocycles. The van der Waals surface area contributed by atoms with E-state index in [0.29, 0.717) is 19.6 Å². The van der Waals surface area contributed by atoms with Crippen LogP contribution in [-0.2, 0) is 28.5 Å². The summed E-state index contributed by atoms with van der Waals surface area (Å²) in [5.74, 6) is -0.340. The zero-order valence-electron chi connectivity index (χ0n) is 23.6. The standard InChI is InChI=1S/C27H50N2O10/c1-4-5-6-7-10-13-20(31)28-14-11-8-9-12-15-36-27-25(35)23(33)19(16-37-27)39-26-21(29-18(3)30)24(34)22(32)17(2)38-26/h17,19,21-27,32-35H,4-16H2,1-3H3,(H,28,31)(H,29,30). The van der Waals surface area contributed by atoms with Gasteiger partial charge in [0.1, 0.15) is 36.6 Å². The zero-order valence-corrected chi connectivity index (χ0v) is 23.6. The average Bonchev–Trinajstić information content (AvgIpc) is 2.90. The summed E-state index contributed by atoms with van der Waals surface area (Å²) >= 11 is 0. The molecule has 2 heterocycles. The first-order chi connectivity index (χ1) is 18.6. The predicted octanol–water partition coefficient (Wildman–Crippen LogP) is 0.475. The molecule has 12 nitrogen and oxygen atoms in total. The van der Waals surface area contributed by atoms with Crippen LogP contribution in [0.15, 0.2) is 0 Å². The molecule has 2 aliphatic rings. The predicted molar refractivity (Wildman–Crippen MR) is 141 cm³/mol. The quantitative estimate of drug-likeness (QED) is 0.137. The molecule has 0 bridgehead atoms. The van der Waals surface area contributed by atoms with Crippen LogP contribution in [-0.4, -0.2) is 107 Å². The van der Waals surface area contributed by atoms with Gasteiger partial charge in [0.25, 0.3) is 0 Å². The molecule has 0 aliphatic carbocycles. The van der Waals surface area contributed by atoms with Gasteiger partial charge in [-0.25, -0.2) is 0 Å². The summed E-state index contributed by atoms with van der Waals surface area (Å²) in [5.41, 5.74) is 0. The van der Waals surface area contributed by atoms with E-state index in [0.717, 1.165) is 38.5 Å². The van der Waals surface area contributed by atoms with Crippen LogP contribution in [0.25, 0.3) is 0 Å². The van der Waals surface area contributed by atoms with Gasteiger partial charge in [-0.1, -0.05) is 45.4 Å². The van der Waals surface area contributed by atoms with Crippen molar-refractivity contribution in [1.29, 1.82) is 0 Å². The number of carbonyl (C=O) groups is 2. The second kappa shape index (κ2) is 18.1. The largest absolute Gasteiger partial charge is 0.388 e. The number of unbranched alkanes of at least 4 members (excludes halogenated alkanes) is 7. The van der Waals surface area contributed by atoms with Crippen LogP contribution in [0.1, 0.15) is 85.0 Å². The highest BCUT2D eigenvalue weighted by atomic mass is 16.7. The van der Waals surface area contributed by atoms with Gasteiger partial charge in [0, 0.05) is 26.5 Å². The molecule has 2 aliphatic heterocycles. The van der Waals surface area contributed by atoms with Gasteiger partial charge >= 0.3 is 0 Å². The van der Waals surface area contributed by atoms with E-state index in [2.05, 4.69) is 17.6 Å². The van der Waals surface area contributed by atoms with Crippen LogP contribution >= 0.6 is 0 Å². The number of carbonyl (C=O) groups excluding carboxylic acids is 2. The van der Waals surface area contributed by atoms with Crippen molar-refractivity contribution in [3.8, 4) is 0 Å². The Morgan fingerprint density at radius 3 is 2.28 bits per heavy atom. The van der Waals surface area contributed by atoms with Gasteiger partial charge in [-0.2, -0.15) is 0 Å². The van der Waals surface area contributed by atoms with Gasteiger partial charge in [0.15, 0.2) is 12.6 Å². The van der Waals surface area contributed by atoms with E-state index in [1.807, 2.05) is 0 Å². The number of aliphatic hydroxyl groups is 4. The fourth-order valence-electron chi connectivity index (χ4n) is 4.72. The third-order valence-electron chi connectivity index (χ3n) is 7.14. The van der Waals surface area contributed by atoms with E-state index in [1.54, 1.807) is 6.92 Å². The highest BCUT2D eigenvalue weighted by molar-refractivity contribution is 5.75. The number of hydrogen-bond acceptors (Lipinski definition) is 10. The van der Waals surface area contributed by atoms with Crippen LogP contribution < -0.4 is 10.6 Å². The normalized spacial score (nSPS) is 33.1. The number of rotatable bonds is 17. The molecule has 2 saturated heterocycles. The monoisotopic (exact) mass is 562 g/mol. The maximum absolute atomic E-state index is 11.8. The Labute approximate surface area is 231 Å². The number of ether oxygens (including phenoxy) is 4. The van der Waals surface area contributed by atoms with E-state index in [4.69, 9.17) is 18.9 Å². The lowest BCUT2D eigenvalue weighted by molar-refractivity contribution is -0.323. The van der Waals surface area contributed by atoms with Gasteiger partial charge in [0.2, 0.25) is 11.8 Å². The Morgan fingerprint density at radius 1 is 0.872 bits per heavy atom. The van der Waals surface area contributed by atoms with Crippen molar-refractivity contribution >= 4 is 11.8 Å². The molecule has 2 amide bonds. The first-order valence-electron chi connectivity index (χ1n) is 14.5. The number of aliphatic hydroxyl groups excluding tert-OH is 4. The summed E-state index contributed by atoms with van der Waals surface area (Å²) < 4.78 is 22.6. The fourth-order valence-corrected chi connectivity index (χ4v) is 4.72. The summed E-state index contributed by atoms with van der Waals surface area (Å²) in [6.45, 7) is 5.86. The molecule has 0 spiro atoms. The SMILES string of the molecule is CCCCCCCC(=O)NCCCCCCOC1OCC(OC2OC(C)C(O)C(O)C2NC(C)=O)C(O)C1O. The van der Waals surface area contributed by atoms with Crippen LogP contribution in [0, 0.1) is 0 Å². The molecule has 0 radical (unpaired) electrons. The molecule has 2 rings (SSSR count). The molecule has 12 heteroatoms. The smallest absolute Gasteiger partial charge is 0.219 e. The Bertz CT molecular complexity index is 714. The van der Waals surface area contributed by atoms with Crippen molar-refractivity contribution in [2.75, 3.05) is 19.8 Å². The Balaban J connectivity index is 1.62. The molecule has 0 saturated carbocycles. The van der Waals surface area contributed by atoms with Crippen molar-refractivity contribution in [2.24, 2.45) is 0 Å². The van der Waals surface area contributed by atoms with Gasteiger partial charge in [-0.3, -0.25) is 9.59 Å². The molecule has 228 valence electrons. The molecule has 0 aromatic heterocycles. The van der Waals surface area contributed by atoms with Crippen molar-refractivity contribution in [2.45, 2.75) is 140 Å². The third kappa shape index (κ3) is 11.6. The van der Waals surface area contributed by atoms with Crippen molar-refractivity contribution in [1.82, 2.24) is 10.6 Å². The summed E-state index contributed by atoms with van der Waals surface area (Å²) in [6.07, 6.45) is 0.371. The third-order valence-corrected chi connectivity index (χ3v) is 7.14. The van der Waals surface area contributed by atoms with E-state index in [-0.39, 0.29) is 12.5 Å². The van der Waals surface area contributed by atoms with Crippen LogP contribution in [0.3, 0.4) is 0 Å². The minimum atomic E-state index is -1.38. The van der Waals surface area contributed by atoms with E-state index in [9.17, 15) is 30.0 Å². The lowest BCUT2D eigenvalue weighted by Gasteiger charge is -2.44. The van der Waals surface area contributed by atoms with Crippen LogP contribution in [0.2, 0.25) is 0 Å². The summed E-state index contributed by atoms with van der Waals surface area (Å²) in [4.78, 5) is 23.4. The first-order valence-corrected chi connectivity index (χ1v) is 14.5. The first kappa shape index (κ1) is 33.8. The molecular formula is C27H50N2O10. The summed E-state index contributed by atoms with van der Waals surface area (Å²) in [6, 6.07) is -1.07. The van der Waals surface area contributed by atoms with Gasteiger partial charge in [0.05, 0.1) is 12.7 Å². The minimum Gasteiger partial charge on any atom is -0.388 e. The Hall–Kier alpha value is -1.38. The molecule has 9 unspecified atom stereocenters. The molecule has 2 fully saturated rings. The number of amides is 2. The minimum absolute atomic E-state index is 0.110. The second-order valence-electron chi connectivity index (χ2n) is 10.6. The Morgan fingerprint density at radius 2 is 1.56 bits per heavy atom. The number of nitrogens with one attached hydrogen (secondary N) is 2. The van der Waals surface area contributed by atoms with Crippen LogP contribution in [0.5, 0.6) is 0 Å². The summed E-state index contributed by atoms with van der Waals surface area (Å²) in [7, 11) is 0. The zero-order chi connectivity index (χ0) is 28.8. The maximum atomic E-state index is 11.8. The fraction of sp³-hybridized carbons (Fsp3) is 0.926. The Kier molecular flexibility index (Phi) is 15.7. The highest BCUT2D eigenvalue weighted by Gasteiger charge is 2.47. The van der Waals surface area contributed by atoms with Gasteiger partial charge in [-0.05, 0) is 26.2 Å². The molecule has 6 N–H and O–H groups in total. The van der Waals surface area contributed by atoms with Crippen LogP contribution in [0.4, 0.5) is 0 Å². The van der Waals surface area contributed by atoms with E-state index < -0.39 is 61.2 Å². The second-order valence-corrected chi connectivity index (χ2v) is 10.6. The maximum Gasteiger partial charge on any atom is 0.219 e. The number of hydrogen-bond donors (Lipinski definition) is 6. The van der Waals surface area contributed by atoms with E-state index >= 15 is 0 Å². The molecular weight excluding hydrogens is 512 g/mol. The lowest BCUT2D eigenvalue weighted by atomic mass is 9.97. The van der Waals surface area contributed by atoms with E-state index in [1.165, 1.54) is 26.2 Å². The topological polar surface area (TPSA) is 176 Å². The highest BCUT2D eigenvalue weighted by Crippen LogP contribution is 2.26. The van der Waals surface area contributed by atoms with Crippen molar-refractivity contribution in [3.05, 3.63) is 0 Å². The average molecular weight is 563 g/mol. The summed E-state index contributed by atoms with van der Waals surface area (Å²) in [5, 5.41) is 47.0. The van der Waals surface area contributed by atoms with Gasteiger partial charge in [-0.15, -0.1) is 0 Å². The molecule has 39 heavy (non-hydrogen) atoms. The molecule has 9 atom stereocenters. The van der Waals surface area contributed by atoms with Crippen molar-refractivity contribution in [3.63, 3.8) is 0 Å². The van der Waals surface area contributed by atoms with Crippen molar-refractivity contribution < 1.29 is 49.0 Å². The van der Waals surface area contributed by atoms with Gasteiger partial charge < -0.3 is 50.0 Å². The molecule has 0 aromatic rings.